The number of hydrogen-bond acceptors (Lipinski definition) is 1. The van der Waals surface area contributed by atoms with Crippen molar-refractivity contribution >= 4 is 0 Å². The molecule has 1 aromatic heterocycles. The summed E-state index contributed by atoms with van der Waals surface area (Å²) in [6.45, 7) is 2.96. The molecule has 0 aliphatic heterocycles. The molecule has 14 heavy (non-hydrogen) atoms. The van der Waals surface area contributed by atoms with E-state index in [1.807, 2.05) is 6.92 Å². The summed E-state index contributed by atoms with van der Waals surface area (Å²) in [6.07, 6.45) is 4.88. The Labute approximate surface area is 82.2 Å². The molecule has 1 aliphatic rings. The summed E-state index contributed by atoms with van der Waals surface area (Å²) in [4.78, 5) is 3.77. The van der Waals surface area contributed by atoms with E-state index in [0.717, 1.165) is 25.3 Å². The topological polar surface area (TPSA) is 12.9 Å². The maximum Gasteiger partial charge on any atom is 0.272 e. The largest absolute Gasteiger partial charge is 0.272 e. The van der Waals surface area contributed by atoms with Gasteiger partial charge in [0.05, 0.1) is 0 Å². The molecule has 0 radical (unpaired) electrons. The fourth-order valence-electron chi connectivity index (χ4n) is 1.73. The van der Waals surface area contributed by atoms with Crippen LogP contribution in [0.25, 0.3) is 0 Å². The van der Waals surface area contributed by atoms with E-state index in [1.165, 1.54) is 6.20 Å². The number of pyridine rings is 1. The number of halogens is 2. The molecule has 2 rings (SSSR count). The number of aromatic nitrogens is 1. The van der Waals surface area contributed by atoms with Gasteiger partial charge in [-0.2, -0.15) is 0 Å². The molecule has 1 fully saturated rings. The van der Waals surface area contributed by atoms with Gasteiger partial charge < -0.3 is 0 Å². The summed E-state index contributed by atoms with van der Waals surface area (Å²) in [5.74, 6) is -2.78. The van der Waals surface area contributed by atoms with Crippen LogP contribution in [0.5, 0.6) is 0 Å². The molecule has 0 spiro atoms. The third-order valence-electron chi connectivity index (χ3n) is 2.94. The molecule has 0 unspecified atom stereocenters. The average Bonchev–Trinajstić information content (AvgIpc) is 2.84. The molecule has 1 aromatic rings. The predicted molar refractivity (Wildman–Crippen MR) is 50.4 cm³/mol. The van der Waals surface area contributed by atoms with Crippen molar-refractivity contribution in [3.8, 4) is 0 Å². The fraction of sp³-hybridized carbons (Fsp3) is 0.545. The zero-order chi connectivity index (χ0) is 10.4. The molecule has 76 valence electrons. The fourth-order valence-corrected chi connectivity index (χ4v) is 1.73. The highest BCUT2D eigenvalue weighted by Gasteiger charge is 2.43. The lowest BCUT2D eigenvalue weighted by Gasteiger charge is -2.18. The van der Waals surface area contributed by atoms with Crippen LogP contribution in [0, 0.1) is 0 Å². The Kier molecular flexibility index (Phi) is 1.88. The zero-order valence-electron chi connectivity index (χ0n) is 8.35. The summed E-state index contributed by atoms with van der Waals surface area (Å²) in [7, 11) is 0. The average molecular weight is 197 g/mol. The van der Waals surface area contributed by atoms with E-state index in [2.05, 4.69) is 4.98 Å². The van der Waals surface area contributed by atoms with Gasteiger partial charge in [-0.05, 0) is 29.9 Å². The molecule has 1 nitrogen and oxygen atoms in total. The first kappa shape index (κ1) is 9.56. The van der Waals surface area contributed by atoms with Gasteiger partial charge in [0, 0.05) is 24.9 Å². The van der Waals surface area contributed by atoms with E-state index in [1.54, 1.807) is 12.3 Å². The molecule has 1 saturated carbocycles. The van der Waals surface area contributed by atoms with Crippen molar-refractivity contribution < 1.29 is 8.78 Å². The Morgan fingerprint density at radius 3 is 2.57 bits per heavy atom. The molecule has 0 N–H and O–H groups in total. The third kappa shape index (κ3) is 1.51. The van der Waals surface area contributed by atoms with Crippen molar-refractivity contribution in [1.82, 2.24) is 4.98 Å². The van der Waals surface area contributed by atoms with E-state index in [-0.39, 0.29) is 11.0 Å². The van der Waals surface area contributed by atoms with Crippen LogP contribution in [0.15, 0.2) is 18.5 Å². The summed E-state index contributed by atoms with van der Waals surface area (Å²) < 4.78 is 26.5. The first-order chi connectivity index (χ1) is 6.43. The lowest BCUT2D eigenvalue weighted by Crippen LogP contribution is -2.15. The van der Waals surface area contributed by atoms with Gasteiger partial charge >= 0.3 is 0 Å². The van der Waals surface area contributed by atoms with Gasteiger partial charge in [0.15, 0.2) is 0 Å². The number of nitrogens with zero attached hydrogens (tertiary/aromatic N) is 1. The van der Waals surface area contributed by atoms with Crippen molar-refractivity contribution in [2.24, 2.45) is 0 Å². The van der Waals surface area contributed by atoms with Crippen molar-refractivity contribution in [3.05, 3.63) is 29.6 Å². The minimum absolute atomic E-state index is 0.0300. The van der Waals surface area contributed by atoms with Gasteiger partial charge in [-0.25, -0.2) is 8.78 Å². The molecule has 3 heteroatoms. The molecule has 0 saturated heterocycles. The molecule has 0 aromatic carbocycles. The Bertz CT molecular complexity index is 326. The van der Waals surface area contributed by atoms with Crippen molar-refractivity contribution in [2.45, 2.75) is 38.0 Å². The van der Waals surface area contributed by atoms with Crippen LogP contribution in [-0.2, 0) is 11.3 Å². The normalized spacial score (nSPS) is 19.4. The smallest absolute Gasteiger partial charge is 0.264 e. The van der Waals surface area contributed by atoms with E-state index in [9.17, 15) is 8.78 Å². The lowest BCUT2D eigenvalue weighted by atomic mass is 9.92. The SMILES string of the molecule is CC(F)(F)c1cnccc1C1(C)CC1. The van der Waals surface area contributed by atoms with E-state index < -0.39 is 5.92 Å². The Morgan fingerprint density at radius 1 is 1.43 bits per heavy atom. The number of rotatable bonds is 2. The second kappa shape index (κ2) is 2.75. The summed E-state index contributed by atoms with van der Waals surface area (Å²) in [5.41, 5.74) is 0.817. The van der Waals surface area contributed by atoms with Crippen LogP contribution in [0.4, 0.5) is 8.78 Å². The van der Waals surface area contributed by atoms with E-state index >= 15 is 0 Å². The molecule has 0 atom stereocenters. The molecule has 0 amide bonds. The Hall–Kier alpha value is -0.990. The monoisotopic (exact) mass is 197 g/mol. The van der Waals surface area contributed by atoms with E-state index in [4.69, 9.17) is 0 Å². The first-order valence-electron chi connectivity index (χ1n) is 4.76. The predicted octanol–water partition coefficient (Wildman–Crippen LogP) is 3.24. The molecule has 1 heterocycles. The summed E-state index contributed by atoms with van der Waals surface area (Å²) >= 11 is 0. The highest BCUT2D eigenvalue weighted by atomic mass is 19.3. The van der Waals surface area contributed by atoms with Crippen LogP contribution in [-0.4, -0.2) is 4.98 Å². The Morgan fingerprint density at radius 2 is 2.07 bits per heavy atom. The minimum atomic E-state index is -2.78. The van der Waals surface area contributed by atoms with Gasteiger partial charge in [-0.3, -0.25) is 4.98 Å². The van der Waals surface area contributed by atoms with Crippen molar-refractivity contribution in [2.75, 3.05) is 0 Å². The highest BCUT2D eigenvalue weighted by molar-refractivity contribution is 5.37. The van der Waals surface area contributed by atoms with Crippen molar-refractivity contribution in [3.63, 3.8) is 0 Å². The molecule has 1 aliphatic carbocycles. The van der Waals surface area contributed by atoms with Gasteiger partial charge in [-0.1, -0.05) is 6.92 Å². The quantitative estimate of drug-likeness (QED) is 0.709. The maximum atomic E-state index is 13.2. The number of alkyl halides is 2. The second-order valence-corrected chi connectivity index (χ2v) is 4.37. The Balaban J connectivity index is 2.50. The van der Waals surface area contributed by atoms with Crippen LogP contribution >= 0.6 is 0 Å². The molecular formula is C11H13F2N. The van der Waals surface area contributed by atoms with Crippen molar-refractivity contribution in [1.29, 1.82) is 0 Å². The standard InChI is InChI=1S/C11H13F2N/c1-10(4-5-10)8-3-6-14-7-9(8)11(2,12)13/h3,6-7H,4-5H2,1-2H3. The summed E-state index contributed by atoms with van der Waals surface area (Å²) in [5, 5.41) is 0. The first-order valence-corrected chi connectivity index (χ1v) is 4.76. The van der Waals surface area contributed by atoms with Crippen LogP contribution < -0.4 is 0 Å². The van der Waals surface area contributed by atoms with Crippen LogP contribution in [0.3, 0.4) is 0 Å². The zero-order valence-corrected chi connectivity index (χ0v) is 8.35. The summed E-state index contributed by atoms with van der Waals surface area (Å²) in [6, 6.07) is 1.72. The highest BCUT2D eigenvalue weighted by Crippen LogP contribution is 2.50. The van der Waals surface area contributed by atoms with Gasteiger partial charge in [0.25, 0.3) is 5.92 Å². The van der Waals surface area contributed by atoms with Gasteiger partial charge in [0.2, 0.25) is 0 Å². The molecule has 0 bridgehead atoms. The third-order valence-corrected chi connectivity index (χ3v) is 2.94. The number of hydrogen-bond donors (Lipinski definition) is 0. The second-order valence-electron chi connectivity index (χ2n) is 4.37. The van der Waals surface area contributed by atoms with Gasteiger partial charge in [-0.15, -0.1) is 0 Å². The lowest BCUT2D eigenvalue weighted by molar-refractivity contribution is 0.0157. The van der Waals surface area contributed by atoms with Crippen LogP contribution in [0.1, 0.15) is 37.8 Å². The van der Waals surface area contributed by atoms with E-state index in [0.29, 0.717) is 0 Å². The minimum Gasteiger partial charge on any atom is -0.264 e. The van der Waals surface area contributed by atoms with Crippen LogP contribution in [0.2, 0.25) is 0 Å². The molecular weight excluding hydrogens is 184 g/mol. The maximum absolute atomic E-state index is 13.2. The van der Waals surface area contributed by atoms with Gasteiger partial charge in [0.1, 0.15) is 0 Å².